The van der Waals surface area contributed by atoms with Crippen LogP contribution in [0, 0.1) is 0 Å². The minimum absolute atomic E-state index is 0.0753. The van der Waals surface area contributed by atoms with E-state index in [1.54, 1.807) is 16.7 Å². The van der Waals surface area contributed by atoms with Crippen LogP contribution in [0.3, 0.4) is 0 Å². The number of allylic oxidation sites excluding steroid dienone is 2. The summed E-state index contributed by atoms with van der Waals surface area (Å²) in [5, 5.41) is 13.0. The van der Waals surface area contributed by atoms with Gasteiger partial charge >= 0.3 is 0 Å². The van der Waals surface area contributed by atoms with E-state index in [2.05, 4.69) is 26.2 Å². The summed E-state index contributed by atoms with van der Waals surface area (Å²) in [6.45, 7) is 0.209. The van der Waals surface area contributed by atoms with Crippen LogP contribution in [-0.4, -0.2) is 45.0 Å². The zero-order valence-corrected chi connectivity index (χ0v) is 15.5. The van der Waals surface area contributed by atoms with E-state index in [1.807, 2.05) is 12.1 Å². The lowest BCUT2D eigenvalue weighted by atomic mass is 10.0. The van der Waals surface area contributed by atoms with Crippen LogP contribution in [0.15, 0.2) is 40.5 Å². The Labute approximate surface area is 161 Å². The maximum atomic E-state index is 12.9. The number of aromatic nitrogens is 2. The number of carbonyl (C=O) groups excluding carboxylic acids is 2. The fraction of sp³-hybridized carbons (Fsp3) is 0.278. The van der Waals surface area contributed by atoms with Crippen molar-refractivity contribution in [2.45, 2.75) is 25.0 Å². The quantitative estimate of drug-likeness (QED) is 0.746. The minimum Gasteiger partial charge on any atom is -0.388 e. The van der Waals surface area contributed by atoms with Crippen molar-refractivity contribution in [1.82, 2.24) is 9.55 Å². The van der Waals surface area contributed by atoms with Crippen LogP contribution in [0.2, 0.25) is 0 Å². The highest BCUT2D eigenvalue weighted by Gasteiger charge is 2.46. The van der Waals surface area contributed by atoms with Crippen molar-refractivity contribution in [3.8, 4) is 0 Å². The molecule has 0 unspecified atom stereocenters. The second-order valence-electron chi connectivity index (χ2n) is 6.55. The Morgan fingerprint density at radius 1 is 1.22 bits per heavy atom. The van der Waals surface area contributed by atoms with Crippen LogP contribution >= 0.6 is 15.9 Å². The number of benzene rings is 1. The SMILES string of the molecule is O=C1C(Nc2ccc(Br)cc2)=CC(=O)c2c1nc1n2[C@H]2OC[C@@H](O)[C@H]2OC1. The number of aliphatic hydroxyl groups excluding tert-OH is 1. The summed E-state index contributed by atoms with van der Waals surface area (Å²) in [7, 11) is 0. The number of nitrogens with zero attached hydrogens (tertiary/aromatic N) is 2. The molecule has 1 aromatic carbocycles. The zero-order chi connectivity index (χ0) is 18.7. The van der Waals surface area contributed by atoms with Crippen LogP contribution in [0.25, 0.3) is 0 Å². The summed E-state index contributed by atoms with van der Waals surface area (Å²) < 4.78 is 13.7. The van der Waals surface area contributed by atoms with E-state index in [4.69, 9.17) is 9.47 Å². The first-order valence-corrected chi connectivity index (χ1v) is 9.18. The smallest absolute Gasteiger partial charge is 0.230 e. The Morgan fingerprint density at radius 2 is 2.00 bits per heavy atom. The van der Waals surface area contributed by atoms with Crippen molar-refractivity contribution in [3.63, 3.8) is 0 Å². The van der Waals surface area contributed by atoms with Gasteiger partial charge in [0, 0.05) is 16.2 Å². The third-order valence-electron chi connectivity index (χ3n) is 4.83. The molecule has 2 aliphatic heterocycles. The first kappa shape index (κ1) is 16.8. The zero-order valence-electron chi connectivity index (χ0n) is 13.9. The molecule has 1 aromatic heterocycles. The van der Waals surface area contributed by atoms with Gasteiger partial charge in [0.05, 0.1) is 12.3 Å². The number of anilines is 1. The van der Waals surface area contributed by atoms with Gasteiger partial charge in [-0.05, 0) is 24.3 Å². The summed E-state index contributed by atoms with van der Waals surface area (Å²) in [6.07, 6.45) is -0.741. The number of Topliss-reactive ketones (excluding diaryl/α,β-unsaturated/α-hetero) is 1. The number of ether oxygens (including phenoxy) is 2. The number of aliphatic hydroxyl groups is 1. The second kappa shape index (κ2) is 6.10. The molecular weight excluding hydrogens is 418 g/mol. The number of nitrogens with one attached hydrogen (secondary N) is 1. The van der Waals surface area contributed by atoms with Gasteiger partial charge in [0.1, 0.15) is 36.0 Å². The number of halogens is 1. The third-order valence-corrected chi connectivity index (χ3v) is 5.36. The molecule has 0 radical (unpaired) electrons. The van der Waals surface area contributed by atoms with Gasteiger partial charge in [-0.25, -0.2) is 4.98 Å². The van der Waals surface area contributed by atoms with Crippen LogP contribution in [0.5, 0.6) is 0 Å². The summed E-state index contributed by atoms with van der Waals surface area (Å²) in [6, 6.07) is 7.25. The molecule has 1 fully saturated rings. The Balaban J connectivity index is 1.52. The van der Waals surface area contributed by atoms with Crippen LogP contribution in [0.4, 0.5) is 5.69 Å². The molecule has 3 aliphatic rings. The topological polar surface area (TPSA) is 103 Å². The molecule has 9 heteroatoms. The fourth-order valence-corrected chi connectivity index (χ4v) is 3.85. The highest BCUT2D eigenvalue weighted by molar-refractivity contribution is 9.10. The summed E-state index contributed by atoms with van der Waals surface area (Å²) in [4.78, 5) is 30.0. The average Bonchev–Trinajstić information content (AvgIpc) is 3.22. The Bertz CT molecular complexity index is 997. The van der Waals surface area contributed by atoms with Crippen LogP contribution in [0.1, 0.15) is 33.0 Å². The maximum absolute atomic E-state index is 12.9. The molecule has 2 aromatic rings. The van der Waals surface area contributed by atoms with E-state index in [9.17, 15) is 14.7 Å². The third kappa shape index (κ3) is 2.58. The molecule has 0 bridgehead atoms. The maximum Gasteiger partial charge on any atom is 0.230 e. The van der Waals surface area contributed by atoms with E-state index >= 15 is 0 Å². The molecule has 138 valence electrons. The molecule has 8 nitrogen and oxygen atoms in total. The molecule has 5 rings (SSSR count). The number of hydrogen-bond donors (Lipinski definition) is 2. The standard InChI is InChI=1S/C18H14BrN3O5/c19-8-1-3-9(4-2-8)20-10-5-11(23)15-14(16(10)25)21-13-7-26-17-12(24)6-27-18(17)22(13)15/h1-5,12,17-18,20,24H,6-7H2/t12-,17-,18+/m1/s1. The van der Waals surface area contributed by atoms with Gasteiger partial charge in [-0.3, -0.25) is 14.2 Å². The highest BCUT2D eigenvalue weighted by atomic mass is 79.9. The highest BCUT2D eigenvalue weighted by Crippen LogP contribution is 2.37. The molecule has 3 heterocycles. The van der Waals surface area contributed by atoms with E-state index in [-0.39, 0.29) is 41.9 Å². The van der Waals surface area contributed by atoms with Crippen molar-refractivity contribution in [3.05, 3.63) is 57.7 Å². The van der Waals surface area contributed by atoms with Gasteiger partial charge in [-0.1, -0.05) is 15.9 Å². The van der Waals surface area contributed by atoms with Crippen molar-refractivity contribution in [2.75, 3.05) is 11.9 Å². The average molecular weight is 432 g/mol. The number of fused-ring (bicyclic) bond motifs is 5. The Kier molecular flexibility index (Phi) is 3.80. The number of rotatable bonds is 2. The molecule has 2 N–H and O–H groups in total. The Hall–Kier alpha value is -2.33. The normalized spacial score (nSPS) is 26.3. The van der Waals surface area contributed by atoms with Gasteiger partial charge in [0.2, 0.25) is 11.6 Å². The second-order valence-corrected chi connectivity index (χ2v) is 7.46. The van der Waals surface area contributed by atoms with E-state index in [0.717, 1.165) is 4.47 Å². The molecule has 27 heavy (non-hydrogen) atoms. The number of ketones is 2. The lowest BCUT2D eigenvalue weighted by molar-refractivity contribution is -0.0992. The van der Waals surface area contributed by atoms with E-state index in [1.165, 1.54) is 6.08 Å². The van der Waals surface area contributed by atoms with Crippen LogP contribution < -0.4 is 5.32 Å². The molecule has 0 spiro atoms. The number of carbonyl (C=O) groups is 2. The lowest BCUT2D eigenvalue weighted by Gasteiger charge is -2.29. The summed E-state index contributed by atoms with van der Waals surface area (Å²) in [5.41, 5.74) is 1.11. The minimum atomic E-state index is -0.777. The summed E-state index contributed by atoms with van der Waals surface area (Å²) in [5.74, 6) is -0.270. The largest absolute Gasteiger partial charge is 0.388 e. The van der Waals surface area contributed by atoms with Gasteiger partial charge < -0.3 is 19.9 Å². The number of hydrogen-bond acceptors (Lipinski definition) is 7. The van der Waals surface area contributed by atoms with Crippen molar-refractivity contribution in [2.24, 2.45) is 0 Å². The van der Waals surface area contributed by atoms with Crippen molar-refractivity contribution >= 4 is 33.2 Å². The monoisotopic (exact) mass is 431 g/mol. The van der Waals surface area contributed by atoms with Gasteiger partial charge in [-0.2, -0.15) is 0 Å². The molecule has 1 aliphatic carbocycles. The molecular formula is C18H14BrN3O5. The van der Waals surface area contributed by atoms with Crippen LogP contribution in [-0.2, 0) is 16.1 Å². The van der Waals surface area contributed by atoms with Crippen molar-refractivity contribution in [1.29, 1.82) is 0 Å². The van der Waals surface area contributed by atoms with E-state index < -0.39 is 18.4 Å². The Morgan fingerprint density at radius 3 is 2.78 bits per heavy atom. The van der Waals surface area contributed by atoms with Gasteiger partial charge in [0.15, 0.2) is 6.23 Å². The predicted octanol–water partition coefficient (Wildman–Crippen LogP) is 1.81. The van der Waals surface area contributed by atoms with E-state index in [0.29, 0.717) is 11.5 Å². The van der Waals surface area contributed by atoms with Gasteiger partial charge in [-0.15, -0.1) is 0 Å². The fourth-order valence-electron chi connectivity index (χ4n) is 3.59. The first-order chi connectivity index (χ1) is 13.0. The lowest BCUT2D eigenvalue weighted by Crippen LogP contribution is -2.37. The first-order valence-electron chi connectivity index (χ1n) is 8.38. The molecule has 3 atom stereocenters. The predicted molar refractivity (Wildman–Crippen MR) is 96.3 cm³/mol. The van der Waals surface area contributed by atoms with Gasteiger partial charge in [0.25, 0.3) is 0 Å². The van der Waals surface area contributed by atoms with Crippen molar-refractivity contribution < 1.29 is 24.2 Å². The summed E-state index contributed by atoms with van der Waals surface area (Å²) >= 11 is 3.35. The molecule has 1 saturated heterocycles. The number of imidazole rings is 1. The molecule has 0 amide bonds. The molecule has 0 saturated carbocycles.